The van der Waals surface area contributed by atoms with Gasteiger partial charge in [0, 0.05) is 24.9 Å². The van der Waals surface area contributed by atoms with Crippen LogP contribution in [0.4, 0.5) is 4.39 Å². The van der Waals surface area contributed by atoms with Crippen LogP contribution in [-0.4, -0.2) is 35.9 Å². The molecule has 0 bridgehead atoms. The van der Waals surface area contributed by atoms with Crippen LogP contribution in [-0.2, 0) is 16.0 Å². The number of amides is 2. The number of benzene rings is 2. The topological polar surface area (TPSA) is 58.6 Å². The molecular weight excluding hydrogens is 395 g/mol. The number of carbonyl (C=O) groups is 2. The van der Waals surface area contributed by atoms with Crippen LogP contribution >= 0.6 is 0 Å². The van der Waals surface area contributed by atoms with E-state index in [2.05, 4.69) is 5.32 Å². The molecule has 1 N–H and O–H groups in total. The van der Waals surface area contributed by atoms with Crippen molar-refractivity contribution in [2.45, 2.75) is 56.5 Å². The quantitative estimate of drug-likeness (QED) is 0.726. The van der Waals surface area contributed by atoms with Crippen molar-refractivity contribution in [2.75, 3.05) is 13.7 Å². The van der Waals surface area contributed by atoms with E-state index in [4.69, 9.17) is 4.74 Å². The first-order valence-electron chi connectivity index (χ1n) is 11.0. The predicted molar refractivity (Wildman–Crippen MR) is 116 cm³/mol. The SMILES string of the molecule is COc1ccc(C[C@]2(CCC(=O)N3CCCC3c3ccc(F)cc3)CCC(=O)N2)cc1. The molecule has 2 aromatic rings. The summed E-state index contributed by atoms with van der Waals surface area (Å²) >= 11 is 0. The summed E-state index contributed by atoms with van der Waals surface area (Å²) in [7, 11) is 1.64. The minimum Gasteiger partial charge on any atom is -0.497 e. The molecule has 2 atom stereocenters. The number of ether oxygens (including phenoxy) is 1. The minimum atomic E-state index is -0.396. The molecular formula is C25H29FN2O3. The van der Waals surface area contributed by atoms with Crippen molar-refractivity contribution in [2.24, 2.45) is 0 Å². The average Bonchev–Trinajstić information content (AvgIpc) is 3.41. The van der Waals surface area contributed by atoms with E-state index < -0.39 is 5.54 Å². The van der Waals surface area contributed by atoms with E-state index in [-0.39, 0.29) is 23.7 Å². The summed E-state index contributed by atoms with van der Waals surface area (Å²) in [4.78, 5) is 27.1. The Morgan fingerprint density at radius 3 is 2.58 bits per heavy atom. The number of nitrogens with zero attached hydrogens (tertiary/aromatic N) is 1. The fourth-order valence-corrected chi connectivity index (χ4v) is 4.90. The molecule has 0 radical (unpaired) electrons. The van der Waals surface area contributed by atoms with Crippen LogP contribution in [0.3, 0.4) is 0 Å². The van der Waals surface area contributed by atoms with Crippen LogP contribution in [0.5, 0.6) is 5.75 Å². The Hall–Kier alpha value is -2.89. The van der Waals surface area contributed by atoms with Crippen LogP contribution in [0, 0.1) is 5.82 Å². The summed E-state index contributed by atoms with van der Waals surface area (Å²) in [5.74, 6) is 0.676. The van der Waals surface area contributed by atoms with Gasteiger partial charge in [0.2, 0.25) is 11.8 Å². The third kappa shape index (κ3) is 4.89. The van der Waals surface area contributed by atoms with E-state index in [1.165, 1.54) is 12.1 Å². The first-order chi connectivity index (χ1) is 15.0. The Bertz CT molecular complexity index is 929. The van der Waals surface area contributed by atoms with Crippen LogP contribution < -0.4 is 10.1 Å². The largest absolute Gasteiger partial charge is 0.497 e. The van der Waals surface area contributed by atoms with Gasteiger partial charge in [0.15, 0.2) is 0 Å². The van der Waals surface area contributed by atoms with Crippen LogP contribution in [0.15, 0.2) is 48.5 Å². The maximum Gasteiger partial charge on any atom is 0.223 e. The molecule has 5 nitrogen and oxygen atoms in total. The summed E-state index contributed by atoms with van der Waals surface area (Å²) in [5.41, 5.74) is 1.70. The molecule has 164 valence electrons. The van der Waals surface area contributed by atoms with Gasteiger partial charge in [0.1, 0.15) is 11.6 Å². The molecule has 0 spiro atoms. The van der Waals surface area contributed by atoms with Gasteiger partial charge < -0.3 is 15.0 Å². The van der Waals surface area contributed by atoms with E-state index in [0.717, 1.165) is 42.7 Å². The Kier molecular flexibility index (Phi) is 6.25. The molecule has 2 fully saturated rings. The molecule has 2 aromatic carbocycles. The number of halogens is 1. The zero-order valence-electron chi connectivity index (χ0n) is 17.9. The van der Waals surface area contributed by atoms with Crippen molar-refractivity contribution in [3.63, 3.8) is 0 Å². The molecule has 4 rings (SSSR count). The highest BCUT2D eigenvalue weighted by atomic mass is 19.1. The normalized spacial score (nSPS) is 23.1. The van der Waals surface area contributed by atoms with Gasteiger partial charge in [-0.3, -0.25) is 9.59 Å². The van der Waals surface area contributed by atoms with Crippen LogP contribution in [0.2, 0.25) is 0 Å². The maximum absolute atomic E-state index is 13.3. The summed E-state index contributed by atoms with van der Waals surface area (Å²) < 4.78 is 18.5. The number of likely N-dealkylation sites (tertiary alicyclic amines) is 1. The molecule has 2 saturated heterocycles. The zero-order valence-corrected chi connectivity index (χ0v) is 17.9. The maximum atomic E-state index is 13.3. The predicted octanol–water partition coefficient (Wildman–Crippen LogP) is 4.17. The fraction of sp³-hybridized carbons (Fsp3) is 0.440. The second-order valence-electron chi connectivity index (χ2n) is 8.65. The Morgan fingerprint density at radius 1 is 1.19 bits per heavy atom. The number of hydrogen-bond acceptors (Lipinski definition) is 3. The van der Waals surface area contributed by atoms with Crippen molar-refractivity contribution in [3.8, 4) is 5.75 Å². The lowest BCUT2D eigenvalue weighted by atomic mass is 9.84. The Labute approximate surface area is 182 Å². The summed E-state index contributed by atoms with van der Waals surface area (Å²) in [5, 5.41) is 3.16. The van der Waals surface area contributed by atoms with Crippen molar-refractivity contribution in [1.29, 1.82) is 0 Å². The van der Waals surface area contributed by atoms with Crippen LogP contribution in [0.25, 0.3) is 0 Å². The molecule has 0 aromatic heterocycles. The molecule has 2 aliphatic heterocycles. The lowest BCUT2D eigenvalue weighted by Gasteiger charge is -2.31. The molecule has 0 saturated carbocycles. The highest BCUT2D eigenvalue weighted by molar-refractivity contribution is 5.80. The van der Waals surface area contributed by atoms with Gasteiger partial charge in [-0.2, -0.15) is 0 Å². The molecule has 1 unspecified atom stereocenters. The van der Waals surface area contributed by atoms with Crippen molar-refractivity contribution < 1.29 is 18.7 Å². The van der Waals surface area contributed by atoms with E-state index in [1.807, 2.05) is 29.2 Å². The molecule has 2 aliphatic rings. The van der Waals surface area contributed by atoms with E-state index in [1.54, 1.807) is 19.2 Å². The summed E-state index contributed by atoms with van der Waals surface area (Å²) in [6.45, 7) is 0.721. The van der Waals surface area contributed by atoms with Gasteiger partial charge in [-0.15, -0.1) is 0 Å². The highest BCUT2D eigenvalue weighted by Crippen LogP contribution is 2.35. The standard InChI is InChI=1S/C25H29FN2O3/c1-31-21-10-4-18(5-11-21)17-25(14-12-23(29)27-25)15-13-24(30)28-16-2-3-22(28)19-6-8-20(26)9-7-19/h4-11,22H,2-3,12-17H2,1H3,(H,27,29)/t22?,25-/m1/s1. The first kappa shape index (κ1) is 21.3. The third-order valence-electron chi connectivity index (χ3n) is 6.58. The number of nitrogens with one attached hydrogen (secondary N) is 1. The fourth-order valence-electron chi connectivity index (χ4n) is 4.90. The Balaban J connectivity index is 1.43. The Morgan fingerprint density at radius 2 is 1.94 bits per heavy atom. The molecule has 0 aliphatic carbocycles. The minimum absolute atomic E-state index is 0.00353. The van der Waals surface area contributed by atoms with E-state index in [0.29, 0.717) is 25.7 Å². The monoisotopic (exact) mass is 424 g/mol. The van der Waals surface area contributed by atoms with Gasteiger partial charge in [-0.25, -0.2) is 4.39 Å². The summed E-state index contributed by atoms with van der Waals surface area (Å²) in [6, 6.07) is 14.3. The van der Waals surface area contributed by atoms with Crippen molar-refractivity contribution >= 4 is 11.8 Å². The third-order valence-corrected chi connectivity index (χ3v) is 6.58. The van der Waals surface area contributed by atoms with Crippen molar-refractivity contribution in [1.82, 2.24) is 10.2 Å². The molecule has 2 heterocycles. The number of methoxy groups -OCH3 is 1. The second kappa shape index (κ2) is 9.08. The van der Waals surface area contributed by atoms with Gasteiger partial charge in [-0.1, -0.05) is 24.3 Å². The number of carbonyl (C=O) groups excluding carboxylic acids is 2. The van der Waals surface area contributed by atoms with Gasteiger partial charge in [0.25, 0.3) is 0 Å². The molecule has 6 heteroatoms. The highest BCUT2D eigenvalue weighted by Gasteiger charge is 2.39. The summed E-state index contributed by atoms with van der Waals surface area (Å²) in [6.07, 6.45) is 4.74. The lowest BCUT2D eigenvalue weighted by molar-refractivity contribution is -0.132. The van der Waals surface area contributed by atoms with E-state index in [9.17, 15) is 14.0 Å². The van der Waals surface area contributed by atoms with Gasteiger partial charge in [-0.05, 0) is 67.5 Å². The molecule has 31 heavy (non-hydrogen) atoms. The number of rotatable bonds is 7. The van der Waals surface area contributed by atoms with Crippen LogP contribution in [0.1, 0.15) is 55.7 Å². The lowest BCUT2D eigenvalue weighted by Crippen LogP contribution is -2.44. The average molecular weight is 425 g/mol. The zero-order chi connectivity index (χ0) is 21.8. The van der Waals surface area contributed by atoms with Gasteiger partial charge in [0.05, 0.1) is 13.2 Å². The first-order valence-corrected chi connectivity index (χ1v) is 11.0. The van der Waals surface area contributed by atoms with Crippen molar-refractivity contribution in [3.05, 3.63) is 65.5 Å². The second-order valence-corrected chi connectivity index (χ2v) is 8.65. The smallest absolute Gasteiger partial charge is 0.223 e. The van der Waals surface area contributed by atoms with E-state index >= 15 is 0 Å². The molecule has 2 amide bonds. The number of hydrogen-bond donors (Lipinski definition) is 1. The van der Waals surface area contributed by atoms with Gasteiger partial charge >= 0.3 is 0 Å².